The van der Waals surface area contributed by atoms with Crippen LogP contribution in [0.15, 0.2) is 77.7 Å². The molecule has 0 atom stereocenters. The first-order valence-electron chi connectivity index (χ1n) is 11.1. The molecule has 0 bridgehead atoms. The van der Waals surface area contributed by atoms with Crippen LogP contribution in [0.4, 0.5) is 17.1 Å². The van der Waals surface area contributed by atoms with Gasteiger partial charge in [-0.2, -0.15) is 0 Å². The first-order valence-corrected chi connectivity index (χ1v) is 12.6. The van der Waals surface area contributed by atoms with Gasteiger partial charge in [-0.1, -0.05) is 30.3 Å². The SMILES string of the molecule is CN(C)CCNS(=O)(=O)c1ccc(N/C(=C2\C(=O)Nc3ccc([N+](=O)[O-])cc32)c2ccccc2)cc1. The van der Waals surface area contributed by atoms with Crippen LogP contribution in [0.25, 0.3) is 11.3 Å². The molecule has 3 aromatic carbocycles. The van der Waals surface area contributed by atoms with Crippen molar-refractivity contribution in [2.24, 2.45) is 0 Å². The number of nitro benzene ring substituents is 1. The maximum absolute atomic E-state index is 13.0. The zero-order valence-electron chi connectivity index (χ0n) is 19.7. The van der Waals surface area contributed by atoms with Crippen LogP contribution in [-0.4, -0.2) is 51.3 Å². The van der Waals surface area contributed by atoms with E-state index in [1.807, 2.05) is 49.3 Å². The summed E-state index contributed by atoms with van der Waals surface area (Å²) in [6.07, 6.45) is 0. The Balaban J connectivity index is 1.71. The third-order valence-corrected chi connectivity index (χ3v) is 7.03. The van der Waals surface area contributed by atoms with E-state index in [1.54, 1.807) is 12.1 Å². The van der Waals surface area contributed by atoms with Gasteiger partial charge in [-0.3, -0.25) is 14.9 Å². The van der Waals surface area contributed by atoms with E-state index in [9.17, 15) is 23.3 Å². The Kier molecular flexibility index (Phi) is 7.15. The fraction of sp³-hybridized carbons (Fsp3) is 0.160. The minimum absolute atomic E-state index is 0.111. The number of nitrogens with zero attached hydrogens (tertiary/aromatic N) is 2. The molecule has 1 amide bonds. The van der Waals surface area contributed by atoms with Gasteiger partial charge >= 0.3 is 0 Å². The lowest BCUT2D eigenvalue weighted by molar-refractivity contribution is -0.384. The molecule has 0 radical (unpaired) electrons. The topological polar surface area (TPSA) is 134 Å². The molecule has 186 valence electrons. The molecule has 0 unspecified atom stereocenters. The summed E-state index contributed by atoms with van der Waals surface area (Å²) in [5, 5.41) is 17.3. The van der Waals surface area contributed by atoms with E-state index in [0.29, 0.717) is 34.7 Å². The van der Waals surface area contributed by atoms with Crippen LogP contribution in [0.1, 0.15) is 11.1 Å². The van der Waals surface area contributed by atoms with E-state index in [2.05, 4.69) is 15.4 Å². The van der Waals surface area contributed by atoms with Crippen LogP contribution in [0.3, 0.4) is 0 Å². The molecule has 11 heteroatoms. The molecule has 10 nitrogen and oxygen atoms in total. The number of fused-ring (bicyclic) bond motifs is 1. The van der Waals surface area contributed by atoms with Gasteiger partial charge in [0.2, 0.25) is 10.0 Å². The highest BCUT2D eigenvalue weighted by atomic mass is 32.2. The number of nitrogens with one attached hydrogen (secondary N) is 3. The number of nitro groups is 1. The minimum Gasteiger partial charge on any atom is -0.354 e. The van der Waals surface area contributed by atoms with Crippen molar-refractivity contribution in [3.8, 4) is 0 Å². The molecule has 36 heavy (non-hydrogen) atoms. The summed E-state index contributed by atoms with van der Waals surface area (Å²) in [4.78, 5) is 25.8. The van der Waals surface area contributed by atoms with Crippen LogP contribution < -0.4 is 15.4 Å². The molecule has 1 aliphatic heterocycles. The van der Waals surface area contributed by atoms with E-state index in [4.69, 9.17) is 0 Å². The van der Waals surface area contributed by atoms with Gasteiger partial charge in [0.15, 0.2) is 0 Å². The van der Waals surface area contributed by atoms with Gasteiger partial charge in [0, 0.05) is 42.2 Å². The second-order valence-electron chi connectivity index (χ2n) is 8.41. The van der Waals surface area contributed by atoms with Crippen LogP contribution in [0.2, 0.25) is 0 Å². The summed E-state index contributed by atoms with van der Waals surface area (Å²) in [5.74, 6) is -0.402. The quantitative estimate of drug-likeness (QED) is 0.230. The predicted molar refractivity (Wildman–Crippen MR) is 139 cm³/mol. The number of likely N-dealkylation sites (N-methyl/N-ethyl adjacent to an activating group) is 1. The number of carbonyl (C=O) groups is 1. The van der Waals surface area contributed by atoms with Gasteiger partial charge in [-0.25, -0.2) is 13.1 Å². The third kappa shape index (κ3) is 5.43. The van der Waals surface area contributed by atoms with Crippen molar-refractivity contribution in [1.82, 2.24) is 9.62 Å². The summed E-state index contributed by atoms with van der Waals surface area (Å²) in [5.41, 5.74) is 2.66. The fourth-order valence-electron chi connectivity index (χ4n) is 3.75. The first kappa shape index (κ1) is 25.0. The Bertz CT molecular complexity index is 1440. The molecule has 1 heterocycles. The highest BCUT2D eigenvalue weighted by Crippen LogP contribution is 2.39. The Morgan fingerprint density at radius 1 is 1.03 bits per heavy atom. The predicted octanol–water partition coefficient (Wildman–Crippen LogP) is 3.37. The average Bonchev–Trinajstić information content (AvgIpc) is 3.17. The largest absolute Gasteiger partial charge is 0.354 e. The molecule has 3 aromatic rings. The zero-order chi connectivity index (χ0) is 25.9. The molecule has 3 N–H and O–H groups in total. The van der Waals surface area contributed by atoms with Crippen LogP contribution in [0, 0.1) is 10.1 Å². The lowest BCUT2D eigenvalue weighted by Gasteiger charge is -2.15. The van der Waals surface area contributed by atoms with Gasteiger partial charge in [0.1, 0.15) is 0 Å². The number of carbonyl (C=O) groups excluding carboxylic acids is 1. The Morgan fingerprint density at radius 3 is 2.36 bits per heavy atom. The number of rotatable bonds is 9. The summed E-state index contributed by atoms with van der Waals surface area (Å²) in [6, 6.07) is 19.4. The summed E-state index contributed by atoms with van der Waals surface area (Å²) < 4.78 is 27.7. The second kappa shape index (κ2) is 10.3. The van der Waals surface area contributed by atoms with Crippen molar-refractivity contribution >= 4 is 44.3 Å². The van der Waals surface area contributed by atoms with E-state index < -0.39 is 20.9 Å². The monoisotopic (exact) mass is 507 g/mol. The minimum atomic E-state index is -3.68. The second-order valence-corrected chi connectivity index (χ2v) is 10.2. The molecular formula is C25H25N5O5S. The van der Waals surface area contributed by atoms with Gasteiger partial charge < -0.3 is 15.5 Å². The third-order valence-electron chi connectivity index (χ3n) is 5.56. The highest BCUT2D eigenvalue weighted by Gasteiger charge is 2.30. The van der Waals surface area contributed by atoms with E-state index >= 15 is 0 Å². The number of amides is 1. The normalized spacial score (nSPS) is 14.4. The Morgan fingerprint density at radius 2 is 1.72 bits per heavy atom. The molecule has 0 aliphatic carbocycles. The van der Waals surface area contributed by atoms with E-state index in [0.717, 1.165) is 0 Å². The first-order chi connectivity index (χ1) is 17.2. The number of benzene rings is 3. The maximum Gasteiger partial charge on any atom is 0.270 e. The van der Waals surface area contributed by atoms with Crippen molar-refractivity contribution in [3.05, 3.63) is 94.0 Å². The number of non-ortho nitro benzene ring substituents is 1. The van der Waals surface area contributed by atoms with E-state index in [1.165, 1.54) is 30.3 Å². The molecule has 1 aliphatic rings. The standard InChI is InChI=1S/C25H25N5O5S/c1-29(2)15-14-26-36(34,35)20-11-8-18(9-12-20)27-24(17-6-4-3-5-7-17)23-21-16-19(30(32)33)10-13-22(21)28-25(23)31/h3-13,16,26-27H,14-15H2,1-2H3,(H,28,31)/b24-23-. The van der Waals surface area contributed by atoms with E-state index in [-0.39, 0.29) is 22.7 Å². The Hall–Kier alpha value is -4.06. The smallest absolute Gasteiger partial charge is 0.270 e. The van der Waals surface area contributed by atoms with Gasteiger partial charge in [-0.05, 0) is 50.0 Å². The Labute approximate surface area is 208 Å². The van der Waals surface area contributed by atoms with Crippen molar-refractivity contribution in [1.29, 1.82) is 0 Å². The summed E-state index contributed by atoms with van der Waals surface area (Å²) in [6.45, 7) is 0.842. The van der Waals surface area contributed by atoms with Crippen molar-refractivity contribution in [2.75, 3.05) is 37.8 Å². The van der Waals surface area contributed by atoms with Crippen molar-refractivity contribution < 1.29 is 18.1 Å². The van der Waals surface area contributed by atoms with Crippen LogP contribution in [0.5, 0.6) is 0 Å². The summed E-state index contributed by atoms with van der Waals surface area (Å²) in [7, 11) is 0.0368. The lowest BCUT2D eigenvalue weighted by atomic mass is 9.99. The van der Waals surface area contributed by atoms with Crippen molar-refractivity contribution in [2.45, 2.75) is 4.90 Å². The highest BCUT2D eigenvalue weighted by molar-refractivity contribution is 7.89. The van der Waals surface area contributed by atoms with Crippen LogP contribution in [-0.2, 0) is 14.8 Å². The van der Waals surface area contributed by atoms with Crippen molar-refractivity contribution in [3.63, 3.8) is 0 Å². The molecule has 0 saturated heterocycles. The number of hydrogen-bond donors (Lipinski definition) is 3. The summed E-state index contributed by atoms with van der Waals surface area (Å²) >= 11 is 0. The number of anilines is 2. The average molecular weight is 508 g/mol. The molecule has 0 aromatic heterocycles. The molecular weight excluding hydrogens is 482 g/mol. The zero-order valence-corrected chi connectivity index (χ0v) is 20.5. The maximum atomic E-state index is 13.0. The van der Waals surface area contributed by atoms with Gasteiger partial charge in [-0.15, -0.1) is 0 Å². The molecule has 4 rings (SSSR count). The molecule has 0 spiro atoms. The number of sulfonamides is 1. The fourth-order valence-corrected chi connectivity index (χ4v) is 4.77. The lowest BCUT2D eigenvalue weighted by Crippen LogP contribution is -2.31. The molecule has 0 fully saturated rings. The molecule has 0 saturated carbocycles. The van der Waals surface area contributed by atoms with Gasteiger partial charge in [0.05, 0.1) is 21.1 Å². The van der Waals surface area contributed by atoms with Crippen LogP contribution >= 0.6 is 0 Å². The number of hydrogen-bond acceptors (Lipinski definition) is 7. The van der Waals surface area contributed by atoms with Gasteiger partial charge in [0.25, 0.3) is 11.6 Å².